The molecule has 2 N–H and O–H groups in total. The second-order valence-electron chi connectivity index (χ2n) is 3.37. The van der Waals surface area contributed by atoms with E-state index in [0.29, 0.717) is 32.3 Å². The molecule has 0 heterocycles. The lowest BCUT2D eigenvalue weighted by Crippen LogP contribution is -2.31. The lowest BCUT2D eigenvalue weighted by Gasteiger charge is -2.12. The molecular weight excluding hydrogens is 170 g/mol. The van der Waals surface area contributed by atoms with Crippen molar-refractivity contribution in [2.24, 2.45) is 5.92 Å². The number of hydroxylamine groups is 1. The van der Waals surface area contributed by atoms with Crippen LogP contribution < -0.4 is 5.48 Å². The Kier molecular flexibility index (Phi) is 8.33. The van der Waals surface area contributed by atoms with Crippen LogP contribution in [-0.2, 0) is 9.57 Å². The molecule has 0 rings (SSSR count). The van der Waals surface area contributed by atoms with E-state index >= 15 is 0 Å². The third-order valence-corrected chi connectivity index (χ3v) is 1.35. The SMILES string of the molecule is CCOCC(O)CNOCC(C)C. The third-order valence-electron chi connectivity index (χ3n) is 1.35. The summed E-state index contributed by atoms with van der Waals surface area (Å²) in [7, 11) is 0. The normalized spacial score (nSPS) is 13.6. The van der Waals surface area contributed by atoms with Crippen LogP contribution in [0.25, 0.3) is 0 Å². The Labute approximate surface area is 80.2 Å². The van der Waals surface area contributed by atoms with Crippen molar-refractivity contribution in [3.05, 3.63) is 0 Å². The summed E-state index contributed by atoms with van der Waals surface area (Å²) in [6.45, 7) is 8.08. The van der Waals surface area contributed by atoms with Crippen LogP contribution in [0.5, 0.6) is 0 Å². The molecule has 0 saturated carbocycles. The highest BCUT2D eigenvalue weighted by molar-refractivity contribution is 4.53. The number of aliphatic hydroxyl groups excluding tert-OH is 1. The largest absolute Gasteiger partial charge is 0.389 e. The lowest BCUT2D eigenvalue weighted by atomic mass is 10.2. The maximum Gasteiger partial charge on any atom is 0.0920 e. The van der Waals surface area contributed by atoms with Gasteiger partial charge >= 0.3 is 0 Å². The minimum Gasteiger partial charge on any atom is -0.389 e. The fourth-order valence-corrected chi connectivity index (χ4v) is 0.694. The van der Waals surface area contributed by atoms with Crippen molar-refractivity contribution in [1.29, 1.82) is 0 Å². The zero-order valence-corrected chi connectivity index (χ0v) is 8.75. The molecule has 0 amide bonds. The standard InChI is InChI=1S/C9H21NO3/c1-4-12-7-9(11)5-10-13-6-8(2)3/h8-11H,4-7H2,1-3H3. The molecule has 4 heteroatoms. The van der Waals surface area contributed by atoms with Gasteiger partial charge < -0.3 is 14.7 Å². The third kappa shape index (κ3) is 9.76. The van der Waals surface area contributed by atoms with Crippen LogP contribution in [0.2, 0.25) is 0 Å². The van der Waals surface area contributed by atoms with Gasteiger partial charge in [-0.05, 0) is 12.8 Å². The summed E-state index contributed by atoms with van der Waals surface area (Å²) in [4.78, 5) is 5.08. The van der Waals surface area contributed by atoms with Crippen LogP contribution in [0, 0.1) is 5.92 Å². The minimum atomic E-state index is -0.493. The van der Waals surface area contributed by atoms with Gasteiger partial charge in [0.2, 0.25) is 0 Å². The Morgan fingerprint density at radius 1 is 1.31 bits per heavy atom. The maximum absolute atomic E-state index is 9.28. The summed E-state index contributed by atoms with van der Waals surface area (Å²) in [5.74, 6) is 0.497. The zero-order chi connectivity index (χ0) is 10.1. The van der Waals surface area contributed by atoms with Gasteiger partial charge in [0.05, 0.1) is 19.3 Å². The van der Waals surface area contributed by atoms with Crippen molar-refractivity contribution in [1.82, 2.24) is 5.48 Å². The minimum absolute atomic E-state index is 0.356. The Morgan fingerprint density at radius 2 is 2.00 bits per heavy atom. The Hall–Kier alpha value is -0.160. The highest BCUT2D eigenvalue weighted by atomic mass is 16.6. The average molecular weight is 191 g/mol. The van der Waals surface area contributed by atoms with Crippen LogP contribution >= 0.6 is 0 Å². The van der Waals surface area contributed by atoms with Gasteiger partial charge in [-0.2, -0.15) is 5.48 Å². The Bertz CT molecular complexity index is 109. The van der Waals surface area contributed by atoms with Crippen molar-refractivity contribution >= 4 is 0 Å². The number of aliphatic hydroxyl groups is 1. The molecule has 0 bridgehead atoms. The van der Waals surface area contributed by atoms with Gasteiger partial charge in [0, 0.05) is 13.2 Å². The molecule has 0 fully saturated rings. The van der Waals surface area contributed by atoms with E-state index in [0.717, 1.165) is 0 Å². The fraction of sp³-hybridized carbons (Fsp3) is 1.00. The van der Waals surface area contributed by atoms with Crippen molar-refractivity contribution in [3.63, 3.8) is 0 Å². The van der Waals surface area contributed by atoms with E-state index < -0.39 is 6.10 Å². The molecule has 0 aliphatic rings. The van der Waals surface area contributed by atoms with Gasteiger partial charge in [0.1, 0.15) is 0 Å². The molecule has 1 atom stereocenters. The molecule has 0 saturated heterocycles. The number of nitrogens with one attached hydrogen (secondary N) is 1. The number of hydrogen-bond donors (Lipinski definition) is 2. The van der Waals surface area contributed by atoms with Crippen LogP contribution in [-0.4, -0.2) is 37.6 Å². The predicted molar refractivity (Wildman–Crippen MR) is 51.3 cm³/mol. The van der Waals surface area contributed by atoms with E-state index in [9.17, 15) is 5.11 Å². The van der Waals surface area contributed by atoms with E-state index in [2.05, 4.69) is 19.3 Å². The van der Waals surface area contributed by atoms with Crippen LogP contribution in [0.1, 0.15) is 20.8 Å². The molecule has 13 heavy (non-hydrogen) atoms. The summed E-state index contributed by atoms with van der Waals surface area (Å²) in [5.41, 5.74) is 2.70. The second kappa shape index (κ2) is 8.44. The summed E-state index contributed by atoms with van der Waals surface area (Å²) in [6.07, 6.45) is -0.493. The van der Waals surface area contributed by atoms with E-state index in [-0.39, 0.29) is 0 Å². The molecule has 0 spiro atoms. The van der Waals surface area contributed by atoms with E-state index in [4.69, 9.17) is 9.57 Å². The Balaban J connectivity index is 3.12. The second-order valence-corrected chi connectivity index (χ2v) is 3.37. The first kappa shape index (κ1) is 12.8. The fourth-order valence-electron chi connectivity index (χ4n) is 0.694. The predicted octanol–water partition coefficient (Wildman–Crippen LogP) is 0.561. The molecule has 0 aromatic heterocycles. The molecule has 4 nitrogen and oxygen atoms in total. The van der Waals surface area contributed by atoms with Gasteiger partial charge in [-0.3, -0.25) is 0 Å². The molecule has 0 radical (unpaired) electrons. The van der Waals surface area contributed by atoms with Gasteiger partial charge in [0.25, 0.3) is 0 Å². The monoisotopic (exact) mass is 191 g/mol. The van der Waals surface area contributed by atoms with Gasteiger partial charge in [-0.25, -0.2) is 0 Å². The molecular formula is C9H21NO3. The summed E-state index contributed by atoms with van der Waals surface area (Å²) < 4.78 is 5.03. The molecule has 0 aromatic rings. The van der Waals surface area contributed by atoms with Crippen LogP contribution in [0.3, 0.4) is 0 Å². The maximum atomic E-state index is 9.28. The summed E-state index contributed by atoms with van der Waals surface area (Å²) in [6, 6.07) is 0. The molecule has 0 aliphatic heterocycles. The van der Waals surface area contributed by atoms with Crippen LogP contribution in [0.15, 0.2) is 0 Å². The highest BCUT2D eigenvalue weighted by Gasteiger charge is 2.02. The van der Waals surface area contributed by atoms with Crippen molar-refractivity contribution in [2.45, 2.75) is 26.9 Å². The Morgan fingerprint density at radius 3 is 2.54 bits per heavy atom. The quantitative estimate of drug-likeness (QED) is 0.435. The van der Waals surface area contributed by atoms with Gasteiger partial charge in [0.15, 0.2) is 0 Å². The summed E-state index contributed by atoms with van der Waals surface area (Å²) in [5, 5.41) is 9.28. The summed E-state index contributed by atoms with van der Waals surface area (Å²) >= 11 is 0. The molecule has 80 valence electrons. The zero-order valence-electron chi connectivity index (χ0n) is 8.75. The van der Waals surface area contributed by atoms with E-state index in [1.165, 1.54) is 0 Å². The topological polar surface area (TPSA) is 50.7 Å². The first-order valence-electron chi connectivity index (χ1n) is 4.77. The molecule has 1 unspecified atom stereocenters. The first-order chi connectivity index (χ1) is 6.16. The van der Waals surface area contributed by atoms with E-state index in [1.807, 2.05) is 6.92 Å². The number of ether oxygens (including phenoxy) is 1. The number of hydrogen-bond acceptors (Lipinski definition) is 4. The lowest BCUT2D eigenvalue weighted by molar-refractivity contribution is -0.0210. The average Bonchev–Trinajstić information content (AvgIpc) is 2.08. The molecule has 0 aliphatic carbocycles. The first-order valence-corrected chi connectivity index (χ1v) is 4.77. The number of rotatable bonds is 8. The van der Waals surface area contributed by atoms with Crippen LogP contribution in [0.4, 0.5) is 0 Å². The van der Waals surface area contributed by atoms with Crippen molar-refractivity contribution in [3.8, 4) is 0 Å². The van der Waals surface area contributed by atoms with Crippen molar-refractivity contribution in [2.75, 3.05) is 26.4 Å². The smallest absolute Gasteiger partial charge is 0.0920 e. The van der Waals surface area contributed by atoms with E-state index in [1.54, 1.807) is 0 Å². The van der Waals surface area contributed by atoms with Crippen molar-refractivity contribution < 1.29 is 14.7 Å². The highest BCUT2D eigenvalue weighted by Crippen LogP contribution is 1.90. The van der Waals surface area contributed by atoms with Gasteiger partial charge in [-0.1, -0.05) is 13.8 Å². The van der Waals surface area contributed by atoms with Gasteiger partial charge in [-0.15, -0.1) is 0 Å². The molecule has 0 aromatic carbocycles.